The highest BCUT2D eigenvalue weighted by Crippen LogP contribution is 2.15. The highest BCUT2D eigenvalue weighted by Gasteiger charge is 2.11. The molecule has 0 amide bonds. The molecule has 43 valence electrons. The van der Waals surface area contributed by atoms with E-state index in [1.165, 1.54) is 0 Å². The Labute approximate surface area is 50.1 Å². The third-order valence-electron chi connectivity index (χ3n) is 0.905. The van der Waals surface area contributed by atoms with Crippen molar-refractivity contribution >= 4 is 6.29 Å². The molecule has 0 spiro atoms. The Hall–Kier alpha value is -0.770. The van der Waals surface area contributed by atoms with E-state index in [4.69, 9.17) is 6.42 Å². The third kappa shape index (κ3) is 2.41. The van der Waals surface area contributed by atoms with Crippen LogP contribution in [0.1, 0.15) is 20.3 Å². The van der Waals surface area contributed by atoms with Gasteiger partial charge >= 0.3 is 0 Å². The summed E-state index contributed by atoms with van der Waals surface area (Å²) in [4.78, 5) is 9.76. The van der Waals surface area contributed by atoms with Crippen LogP contribution in [-0.2, 0) is 4.79 Å². The van der Waals surface area contributed by atoms with Crippen molar-refractivity contribution < 1.29 is 4.79 Å². The fraction of sp³-hybridized carbons (Fsp3) is 0.571. The van der Waals surface area contributed by atoms with Gasteiger partial charge in [-0.2, -0.15) is 0 Å². The van der Waals surface area contributed by atoms with E-state index in [2.05, 4.69) is 5.92 Å². The fourth-order valence-corrected chi connectivity index (χ4v) is 0.231. The van der Waals surface area contributed by atoms with Gasteiger partial charge in [-0.3, -0.25) is 4.79 Å². The van der Waals surface area contributed by atoms with Gasteiger partial charge in [0.05, 0.1) is 0 Å². The van der Waals surface area contributed by atoms with Gasteiger partial charge in [0.15, 0.2) is 6.29 Å². The Morgan fingerprint density at radius 3 is 2.25 bits per heavy atom. The first-order chi connectivity index (χ1) is 3.62. The first-order valence-corrected chi connectivity index (χ1v) is 2.45. The summed E-state index contributed by atoms with van der Waals surface area (Å²) in [5.41, 5.74) is -0.304. The van der Waals surface area contributed by atoms with Crippen molar-refractivity contribution in [3.63, 3.8) is 0 Å². The first kappa shape index (κ1) is 7.23. The molecule has 0 unspecified atom stereocenters. The summed E-state index contributed by atoms with van der Waals surface area (Å²) < 4.78 is 0. The van der Waals surface area contributed by atoms with Crippen LogP contribution in [0.15, 0.2) is 0 Å². The average Bonchev–Trinajstić information content (AvgIpc) is 1.67. The van der Waals surface area contributed by atoms with Crippen molar-refractivity contribution in [3.05, 3.63) is 0 Å². The Morgan fingerprint density at radius 1 is 1.62 bits per heavy atom. The molecule has 1 radical (unpaired) electrons. The quantitative estimate of drug-likeness (QED) is 0.486. The van der Waals surface area contributed by atoms with Gasteiger partial charge in [0.25, 0.3) is 0 Å². The van der Waals surface area contributed by atoms with E-state index in [-0.39, 0.29) is 5.41 Å². The van der Waals surface area contributed by atoms with Crippen LogP contribution in [-0.4, -0.2) is 6.29 Å². The van der Waals surface area contributed by atoms with E-state index in [1.54, 1.807) is 6.29 Å². The standard InChI is InChI=1S/C7H9O/c1-4-7(2,3)5-6-8/h1H,5H2,2-3H3. The van der Waals surface area contributed by atoms with Crippen LogP contribution < -0.4 is 0 Å². The zero-order chi connectivity index (χ0) is 6.62. The molecule has 0 aliphatic heterocycles. The lowest BCUT2D eigenvalue weighted by molar-refractivity contribution is 0.486. The summed E-state index contributed by atoms with van der Waals surface area (Å²) in [6, 6.07) is 0. The van der Waals surface area contributed by atoms with E-state index in [0.717, 1.165) is 0 Å². The van der Waals surface area contributed by atoms with Crippen molar-refractivity contribution in [2.24, 2.45) is 5.41 Å². The van der Waals surface area contributed by atoms with Crippen LogP contribution in [0.4, 0.5) is 0 Å². The third-order valence-corrected chi connectivity index (χ3v) is 0.905. The van der Waals surface area contributed by atoms with Gasteiger partial charge in [-0.05, 0) is 13.8 Å². The number of carbonyl (C=O) groups excluding carboxylic acids is 1. The Morgan fingerprint density at radius 2 is 2.12 bits per heavy atom. The van der Waals surface area contributed by atoms with Gasteiger partial charge in [0, 0.05) is 11.8 Å². The van der Waals surface area contributed by atoms with Crippen molar-refractivity contribution in [3.8, 4) is 12.3 Å². The summed E-state index contributed by atoms with van der Waals surface area (Å²) in [5, 5.41) is 0. The molecule has 0 N–H and O–H groups in total. The molecule has 0 saturated carbocycles. The van der Waals surface area contributed by atoms with Gasteiger partial charge < -0.3 is 0 Å². The van der Waals surface area contributed by atoms with Crippen molar-refractivity contribution in [1.29, 1.82) is 0 Å². The molecule has 1 heteroatoms. The number of hydrogen-bond acceptors (Lipinski definition) is 1. The summed E-state index contributed by atoms with van der Waals surface area (Å²) >= 11 is 0. The zero-order valence-corrected chi connectivity index (χ0v) is 5.19. The maximum absolute atomic E-state index is 9.76. The summed E-state index contributed by atoms with van der Waals surface area (Å²) in [6.07, 6.45) is 7.15. The monoisotopic (exact) mass is 109 g/mol. The minimum atomic E-state index is -0.304. The lowest BCUT2D eigenvalue weighted by Gasteiger charge is -2.10. The maximum atomic E-state index is 9.76. The molecule has 0 aliphatic rings. The second kappa shape index (κ2) is 2.52. The predicted molar refractivity (Wildman–Crippen MR) is 32.9 cm³/mol. The number of terminal acetylenes is 1. The largest absolute Gasteiger partial charge is 0.291 e. The molecule has 0 aliphatic carbocycles. The minimum Gasteiger partial charge on any atom is -0.291 e. The van der Waals surface area contributed by atoms with Crippen LogP contribution in [0.25, 0.3) is 0 Å². The van der Waals surface area contributed by atoms with Crippen molar-refractivity contribution in [2.45, 2.75) is 20.3 Å². The van der Waals surface area contributed by atoms with Gasteiger partial charge in [0.1, 0.15) is 0 Å². The lowest BCUT2D eigenvalue weighted by Crippen LogP contribution is -2.07. The molecule has 0 heterocycles. The zero-order valence-electron chi connectivity index (χ0n) is 5.19. The fourth-order valence-electron chi connectivity index (χ4n) is 0.231. The average molecular weight is 109 g/mol. The second-order valence-electron chi connectivity index (χ2n) is 2.35. The molecule has 0 fully saturated rings. The van der Waals surface area contributed by atoms with Crippen LogP contribution in [0.3, 0.4) is 0 Å². The van der Waals surface area contributed by atoms with E-state index in [9.17, 15) is 4.79 Å². The van der Waals surface area contributed by atoms with Crippen molar-refractivity contribution in [1.82, 2.24) is 0 Å². The van der Waals surface area contributed by atoms with Crippen molar-refractivity contribution in [2.75, 3.05) is 0 Å². The molecule has 0 saturated heterocycles. The summed E-state index contributed by atoms with van der Waals surface area (Å²) in [5.74, 6) is 2.48. The van der Waals surface area contributed by atoms with E-state index >= 15 is 0 Å². The Balaban J connectivity index is 3.76. The van der Waals surface area contributed by atoms with E-state index in [0.29, 0.717) is 6.42 Å². The smallest absolute Gasteiger partial charge is 0.199 e. The first-order valence-electron chi connectivity index (χ1n) is 2.45. The molecular formula is C7H9O. The Kier molecular flexibility index (Phi) is 2.27. The maximum Gasteiger partial charge on any atom is 0.199 e. The topological polar surface area (TPSA) is 17.1 Å². The van der Waals surface area contributed by atoms with Crippen LogP contribution >= 0.6 is 0 Å². The molecule has 0 rings (SSSR count). The van der Waals surface area contributed by atoms with Gasteiger partial charge in [-0.25, -0.2) is 0 Å². The molecule has 0 aromatic heterocycles. The molecule has 0 aromatic rings. The van der Waals surface area contributed by atoms with E-state index < -0.39 is 0 Å². The number of rotatable bonds is 2. The molecule has 0 aromatic carbocycles. The lowest BCUT2D eigenvalue weighted by atomic mass is 9.92. The van der Waals surface area contributed by atoms with E-state index in [1.807, 2.05) is 13.8 Å². The highest BCUT2D eigenvalue weighted by atomic mass is 16.1. The summed E-state index contributed by atoms with van der Waals surface area (Å²) in [6.45, 7) is 3.66. The second-order valence-corrected chi connectivity index (χ2v) is 2.35. The highest BCUT2D eigenvalue weighted by molar-refractivity contribution is 5.52. The molecule has 1 nitrogen and oxygen atoms in total. The Bertz CT molecular complexity index is 117. The molecular weight excluding hydrogens is 100 g/mol. The molecule has 8 heavy (non-hydrogen) atoms. The summed E-state index contributed by atoms with van der Waals surface area (Å²) in [7, 11) is 0. The van der Waals surface area contributed by atoms with Gasteiger partial charge in [-0.15, -0.1) is 12.3 Å². The van der Waals surface area contributed by atoms with Crippen LogP contribution in [0.5, 0.6) is 0 Å². The normalized spacial score (nSPS) is 10.1. The minimum absolute atomic E-state index is 0.304. The van der Waals surface area contributed by atoms with Gasteiger partial charge in [0.2, 0.25) is 0 Å². The van der Waals surface area contributed by atoms with Crippen LogP contribution in [0, 0.1) is 17.8 Å². The van der Waals surface area contributed by atoms with Crippen LogP contribution in [0.2, 0.25) is 0 Å². The molecule has 0 atom stereocenters. The van der Waals surface area contributed by atoms with Gasteiger partial charge in [-0.1, -0.05) is 0 Å². The predicted octanol–water partition coefficient (Wildman–Crippen LogP) is 1.15. The SMILES string of the molecule is C#CC(C)(C)C[C]=O. The molecule has 0 bridgehead atoms. The number of hydrogen-bond donors (Lipinski definition) is 0.